The van der Waals surface area contributed by atoms with Gasteiger partial charge in [-0.2, -0.15) is 0 Å². The number of carbonyl (C=O) groups excluding carboxylic acids is 2. The minimum atomic E-state index is -0.254. The monoisotopic (exact) mass is 467 g/mol. The number of pyridine rings is 1. The molecule has 176 valence electrons. The Labute approximate surface area is 202 Å². The molecule has 1 unspecified atom stereocenters. The van der Waals surface area contributed by atoms with E-state index in [-0.39, 0.29) is 17.9 Å². The van der Waals surface area contributed by atoms with Crippen LogP contribution >= 0.6 is 0 Å². The zero-order valence-electron chi connectivity index (χ0n) is 19.3. The van der Waals surface area contributed by atoms with Gasteiger partial charge in [0.2, 0.25) is 5.91 Å². The summed E-state index contributed by atoms with van der Waals surface area (Å²) in [5.74, 6) is 1.30. The van der Waals surface area contributed by atoms with Crippen LogP contribution in [-0.2, 0) is 4.79 Å². The van der Waals surface area contributed by atoms with Gasteiger partial charge in [0.25, 0.3) is 5.91 Å². The lowest BCUT2D eigenvalue weighted by molar-refractivity contribution is -0.127. The first-order valence-corrected chi connectivity index (χ1v) is 11.5. The van der Waals surface area contributed by atoms with Crippen LogP contribution < -0.4 is 11.1 Å². The molecule has 0 saturated carbocycles. The number of nitrogen functional groups attached to an aromatic ring is 1. The maximum Gasteiger partial charge on any atom is 0.256 e. The van der Waals surface area contributed by atoms with Crippen molar-refractivity contribution in [2.75, 3.05) is 17.6 Å². The number of amides is 2. The highest BCUT2D eigenvalue weighted by Crippen LogP contribution is 2.36. The standard InChI is InChI=1S/C26H25N7O2/c1-2-6-21(34)32-15-5-7-19(32)25-31-22(23-24(27)29-14-16-33(23)25)17-9-11-18(12-10-17)26(35)30-20-8-3-4-13-28-20/h2-4,6,8-14,16,19H,5,7,15H2,1H3,(H2,27,29)(H,28,30,35)/b6-2+. The normalized spacial score (nSPS) is 15.7. The number of likely N-dealkylation sites (tertiary alicyclic amines) is 1. The van der Waals surface area contributed by atoms with Crippen molar-refractivity contribution in [2.24, 2.45) is 0 Å². The highest BCUT2D eigenvalue weighted by atomic mass is 16.2. The summed E-state index contributed by atoms with van der Waals surface area (Å²) in [5.41, 5.74) is 8.91. The van der Waals surface area contributed by atoms with Crippen LogP contribution in [0.15, 0.2) is 73.2 Å². The maximum atomic E-state index is 12.7. The number of hydrogen-bond donors (Lipinski definition) is 2. The van der Waals surface area contributed by atoms with Crippen LogP contribution in [0, 0.1) is 0 Å². The van der Waals surface area contributed by atoms with E-state index in [1.807, 2.05) is 40.6 Å². The smallest absolute Gasteiger partial charge is 0.256 e. The Morgan fingerprint density at radius 2 is 1.94 bits per heavy atom. The lowest BCUT2D eigenvalue weighted by Gasteiger charge is -2.22. The Balaban J connectivity index is 1.50. The summed E-state index contributed by atoms with van der Waals surface area (Å²) in [6, 6.07) is 12.3. The zero-order chi connectivity index (χ0) is 24.4. The van der Waals surface area contributed by atoms with Gasteiger partial charge in [-0.25, -0.2) is 15.0 Å². The molecule has 1 aliphatic rings. The highest BCUT2D eigenvalue weighted by molar-refractivity contribution is 6.04. The quantitative estimate of drug-likeness (QED) is 0.430. The Hall–Kier alpha value is -4.53. The molecular weight excluding hydrogens is 442 g/mol. The van der Waals surface area contributed by atoms with E-state index in [1.54, 1.807) is 48.8 Å². The molecule has 4 aromatic rings. The van der Waals surface area contributed by atoms with Crippen LogP contribution in [0.1, 0.15) is 42.0 Å². The molecule has 9 nitrogen and oxygen atoms in total. The Kier molecular flexibility index (Phi) is 5.97. The Bertz CT molecular complexity index is 1410. The molecule has 1 saturated heterocycles. The van der Waals surface area contributed by atoms with Crippen LogP contribution in [0.5, 0.6) is 0 Å². The van der Waals surface area contributed by atoms with Crippen molar-refractivity contribution in [3.05, 3.63) is 84.6 Å². The molecule has 35 heavy (non-hydrogen) atoms. The van der Waals surface area contributed by atoms with E-state index in [4.69, 9.17) is 10.7 Å². The fourth-order valence-corrected chi connectivity index (χ4v) is 4.47. The fraction of sp³-hybridized carbons (Fsp3) is 0.192. The van der Waals surface area contributed by atoms with Gasteiger partial charge in [0, 0.05) is 36.3 Å². The third kappa shape index (κ3) is 4.23. The van der Waals surface area contributed by atoms with Gasteiger partial charge in [0.15, 0.2) is 0 Å². The van der Waals surface area contributed by atoms with Gasteiger partial charge in [0.1, 0.15) is 28.7 Å². The second-order valence-electron chi connectivity index (χ2n) is 8.29. The number of carbonyl (C=O) groups is 2. The SMILES string of the molecule is C/C=C/C(=O)N1CCCC1c1nc(-c2ccc(C(=O)Nc3ccccn3)cc2)c2c(N)nccn12. The van der Waals surface area contributed by atoms with Crippen LogP contribution in [0.4, 0.5) is 11.6 Å². The second-order valence-corrected chi connectivity index (χ2v) is 8.29. The molecule has 1 aromatic carbocycles. The molecule has 1 atom stereocenters. The van der Waals surface area contributed by atoms with Crippen molar-refractivity contribution >= 4 is 29.0 Å². The summed E-state index contributed by atoms with van der Waals surface area (Å²) in [6.07, 6.45) is 10.1. The lowest BCUT2D eigenvalue weighted by atomic mass is 10.1. The number of allylic oxidation sites excluding steroid dienone is 1. The molecule has 1 aliphatic heterocycles. The van der Waals surface area contributed by atoms with Crippen LogP contribution in [-0.4, -0.2) is 42.6 Å². The molecule has 0 bridgehead atoms. The Morgan fingerprint density at radius 1 is 1.11 bits per heavy atom. The van der Waals surface area contributed by atoms with Gasteiger partial charge < -0.3 is 16.0 Å². The van der Waals surface area contributed by atoms with Gasteiger partial charge in [-0.3, -0.25) is 14.0 Å². The van der Waals surface area contributed by atoms with Gasteiger partial charge >= 0.3 is 0 Å². The molecule has 3 N–H and O–H groups in total. The summed E-state index contributed by atoms with van der Waals surface area (Å²) < 4.78 is 1.92. The lowest BCUT2D eigenvalue weighted by Crippen LogP contribution is -2.30. The molecule has 4 heterocycles. The van der Waals surface area contributed by atoms with Gasteiger partial charge in [-0.1, -0.05) is 24.3 Å². The van der Waals surface area contributed by atoms with E-state index in [0.717, 1.165) is 24.2 Å². The molecule has 9 heteroatoms. The highest BCUT2D eigenvalue weighted by Gasteiger charge is 2.33. The van der Waals surface area contributed by atoms with Crippen LogP contribution in [0.3, 0.4) is 0 Å². The number of imidazole rings is 1. The zero-order valence-corrected chi connectivity index (χ0v) is 19.3. The number of fused-ring (bicyclic) bond motifs is 1. The van der Waals surface area contributed by atoms with Gasteiger partial charge in [0.05, 0.1) is 6.04 Å². The minimum absolute atomic E-state index is 0.0291. The van der Waals surface area contributed by atoms with Crippen molar-refractivity contribution in [1.29, 1.82) is 0 Å². The molecule has 2 amide bonds. The summed E-state index contributed by atoms with van der Waals surface area (Å²) in [4.78, 5) is 40.5. The van der Waals surface area contributed by atoms with Crippen molar-refractivity contribution < 1.29 is 9.59 Å². The maximum absolute atomic E-state index is 12.7. The number of anilines is 2. The summed E-state index contributed by atoms with van der Waals surface area (Å²) >= 11 is 0. The third-order valence-electron chi connectivity index (χ3n) is 6.08. The predicted octanol–water partition coefficient (Wildman–Crippen LogP) is 3.87. The average Bonchev–Trinajstić information content (AvgIpc) is 3.51. The van der Waals surface area contributed by atoms with E-state index in [1.165, 1.54) is 0 Å². The first-order chi connectivity index (χ1) is 17.1. The van der Waals surface area contributed by atoms with Crippen molar-refractivity contribution in [1.82, 2.24) is 24.3 Å². The van der Waals surface area contributed by atoms with Crippen molar-refractivity contribution in [3.63, 3.8) is 0 Å². The van der Waals surface area contributed by atoms with E-state index in [9.17, 15) is 9.59 Å². The summed E-state index contributed by atoms with van der Waals surface area (Å²) in [5, 5.41) is 2.78. The molecule has 0 radical (unpaired) electrons. The molecule has 5 rings (SSSR count). The average molecular weight is 468 g/mol. The van der Waals surface area contributed by atoms with E-state index < -0.39 is 0 Å². The number of hydrogen-bond acceptors (Lipinski definition) is 6. The number of nitrogens with one attached hydrogen (secondary N) is 1. The number of aromatic nitrogens is 4. The summed E-state index contributed by atoms with van der Waals surface area (Å²) in [7, 11) is 0. The van der Waals surface area contributed by atoms with E-state index >= 15 is 0 Å². The largest absolute Gasteiger partial charge is 0.382 e. The van der Waals surface area contributed by atoms with Crippen molar-refractivity contribution in [2.45, 2.75) is 25.8 Å². The van der Waals surface area contributed by atoms with Crippen LogP contribution in [0.25, 0.3) is 16.8 Å². The molecule has 3 aromatic heterocycles. The topological polar surface area (TPSA) is 119 Å². The number of nitrogens with zero attached hydrogens (tertiary/aromatic N) is 5. The summed E-state index contributed by atoms with van der Waals surface area (Å²) in [6.45, 7) is 2.51. The number of rotatable bonds is 5. The predicted molar refractivity (Wildman–Crippen MR) is 134 cm³/mol. The van der Waals surface area contributed by atoms with Crippen LogP contribution in [0.2, 0.25) is 0 Å². The molecule has 1 fully saturated rings. The Morgan fingerprint density at radius 3 is 2.69 bits per heavy atom. The molecular formula is C26H25N7O2. The van der Waals surface area contributed by atoms with E-state index in [2.05, 4.69) is 15.3 Å². The third-order valence-corrected chi connectivity index (χ3v) is 6.08. The fourth-order valence-electron chi connectivity index (χ4n) is 4.47. The minimum Gasteiger partial charge on any atom is -0.382 e. The second kappa shape index (κ2) is 9.38. The van der Waals surface area contributed by atoms with E-state index in [0.29, 0.717) is 35.0 Å². The first kappa shape index (κ1) is 22.3. The number of nitrogens with two attached hydrogens (primary N) is 1. The number of benzene rings is 1. The molecule has 0 spiro atoms. The first-order valence-electron chi connectivity index (χ1n) is 11.5. The van der Waals surface area contributed by atoms with Gasteiger partial charge in [-0.15, -0.1) is 0 Å². The van der Waals surface area contributed by atoms with Gasteiger partial charge in [-0.05, 0) is 50.1 Å². The van der Waals surface area contributed by atoms with Crippen molar-refractivity contribution in [3.8, 4) is 11.3 Å². The molecule has 0 aliphatic carbocycles.